The first-order valence-corrected chi connectivity index (χ1v) is 8.48. The Labute approximate surface area is 140 Å². The smallest absolute Gasteiger partial charge is 0.492 e. The van der Waals surface area contributed by atoms with Crippen LogP contribution in [0.15, 0.2) is 16.6 Å². The molecule has 0 aliphatic rings. The van der Waals surface area contributed by atoms with Crippen molar-refractivity contribution in [1.82, 2.24) is 0 Å². The summed E-state index contributed by atoms with van der Waals surface area (Å²) in [5, 5.41) is -0.455. The molecule has 1 aromatic carbocycles. The van der Waals surface area contributed by atoms with Gasteiger partial charge in [-0.3, -0.25) is 0 Å². The van der Waals surface area contributed by atoms with Gasteiger partial charge in [-0.15, -0.1) is 0 Å². The van der Waals surface area contributed by atoms with Crippen molar-refractivity contribution in [2.24, 2.45) is 0 Å². The Balaban J connectivity index is 3.69. The maximum Gasteiger partial charge on any atom is 0.596 e. The standard InChI is InChI=1S/C13H14BrFO7P/c1-7(16)20-23(21-8(2)17,22-9(3)18)13-11(15)5-10(14)6-12(13)19-4/h5-6H,1-4H3/q+1. The van der Waals surface area contributed by atoms with E-state index in [2.05, 4.69) is 15.9 Å². The minimum Gasteiger partial charge on any atom is -0.492 e. The highest BCUT2D eigenvalue weighted by Gasteiger charge is 2.60. The van der Waals surface area contributed by atoms with Crippen molar-refractivity contribution in [3.63, 3.8) is 0 Å². The van der Waals surface area contributed by atoms with E-state index in [0.717, 1.165) is 26.8 Å². The number of hydrogen-bond donors (Lipinski definition) is 0. The molecule has 0 amide bonds. The summed E-state index contributed by atoms with van der Waals surface area (Å²) in [6.07, 6.45) is 0. The normalized spacial score (nSPS) is 10.7. The van der Waals surface area contributed by atoms with Gasteiger partial charge in [-0.2, -0.15) is 0 Å². The number of carbonyl (C=O) groups excluding carboxylic acids is 3. The van der Waals surface area contributed by atoms with Crippen molar-refractivity contribution in [3.05, 3.63) is 22.4 Å². The lowest BCUT2D eigenvalue weighted by atomic mass is 10.3. The summed E-state index contributed by atoms with van der Waals surface area (Å²) in [5.74, 6) is -3.83. The molecule has 0 aliphatic heterocycles. The average molecular weight is 412 g/mol. The largest absolute Gasteiger partial charge is 0.596 e. The maximum atomic E-state index is 14.5. The summed E-state index contributed by atoms with van der Waals surface area (Å²) in [5.41, 5.74) is 0. The summed E-state index contributed by atoms with van der Waals surface area (Å²) in [4.78, 5) is 34.3. The Bertz CT molecular complexity index is 609. The van der Waals surface area contributed by atoms with Gasteiger partial charge >= 0.3 is 25.9 Å². The van der Waals surface area contributed by atoms with Crippen LogP contribution < -0.4 is 10.0 Å². The molecule has 1 rings (SSSR count). The fourth-order valence-corrected chi connectivity index (χ4v) is 4.23. The number of methoxy groups -OCH3 is 1. The van der Waals surface area contributed by atoms with Crippen molar-refractivity contribution >= 4 is 47.1 Å². The van der Waals surface area contributed by atoms with Crippen molar-refractivity contribution < 1.29 is 37.1 Å². The fourth-order valence-electron chi connectivity index (χ4n) is 1.66. The number of ether oxygens (including phenoxy) is 1. The minimum atomic E-state index is -4.20. The predicted octanol–water partition coefficient (Wildman–Crippen LogP) is 2.67. The monoisotopic (exact) mass is 411 g/mol. The lowest BCUT2D eigenvalue weighted by Crippen LogP contribution is -2.28. The number of benzene rings is 1. The molecule has 0 atom stereocenters. The zero-order valence-corrected chi connectivity index (χ0v) is 15.2. The first-order valence-electron chi connectivity index (χ1n) is 6.14. The van der Waals surface area contributed by atoms with Gasteiger partial charge in [-0.05, 0) is 12.1 Å². The van der Waals surface area contributed by atoms with E-state index in [0.29, 0.717) is 4.47 Å². The van der Waals surface area contributed by atoms with Crippen LogP contribution in [0.3, 0.4) is 0 Å². The van der Waals surface area contributed by atoms with Gasteiger partial charge in [0.2, 0.25) is 0 Å². The molecule has 0 unspecified atom stereocenters. The van der Waals surface area contributed by atoms with Crippen LogP contribution in [0.25, 0.3) is 0 Å². The summed E-state index contributed by atoms with van der Waals surface area (Å²) >= 11 is 3.08. The molecule has 0 spiro atoms. The Morgan fingerprint density at radius 3 is 1.78 bits per heavy atom. The first kappa shape index (κ1) is 19.3. The third kappa shape index (κ3) is 4.87. The van der Waals surface area contributed by atoms with Crippen molar-refractivity contribution in [3.8, 4) is 5.75 Å². The highest BCUT2D eigenvalue weighted by molar-refractivity contribution is 9.10. The predicted molar refractivity (Wildman–Crippen MR) is 82.5 cm³/mol. The molecular formula is C13H14BrFO7P+. The lowest BCUT2D eigenvalue weighted by Gasteiger charge is -2.20. The zero-order chi connectivity index (χ0) is 17.8. The molecule has 0 heterocycles. The molecule has 7 nitrogen and oxygen atoms in total. The van der Waals surface area contributed by atoms with Crippen molar-refractivity contribution in [2.45, 2.75) is 20.8 Å². The number of hydrogen-bond acceptors (Lipinski definition) is 7. The van der Waals surface area contributed by atoms with Gasteiger partial charge in [-0.1, -0.05) is 15.9 Å². The topological polar surface area (TPSA) is 88.1 Å². The average Bonchev–Trinajstić information content (AvgIpc) is 2.34. The van der Waals surface area contributed by atoms with Crippen LogP contribution in [-0.2, 0) is 28.0 Å². The Morgan fingerprint density at radius 1 is 1.00 bits per heavy atom. The van der Waals surface area contributed by atoms with Crippen molar-refractivity contribution in [1.29, 1.82) is 0 Å². The molecule has 10 heteroatoms. The van der Waals surface area contributed by atoms with Crippen LogP contribution in [0, 0.1) is 5.82 Å². The molecule has 0 radical (unpaired) electrons. The van der Waals surface area contributed by atoms with E-state index in [1.165, 1.54) is 13.2 Å². The summed E-state index contributed by atoms with van der Waals surface area (Å²) in [7, 11) is -2.97. The Morgan fingerprint density at radius 2 is 1.43 bits per heavy atom. The SMILES string of the molecule is COc1cc(Br)cc(F)c1[P+](OC(C)=O)(OC(C)=O)OC(C)=O. The maximum absolute atomic E-state index is 14.5. The van der Waals surface area contributed by atoms with E-state index in [1.807, 2.05) is 0 Å². The summed E-state index contributed by atoms with van der Waals surface area (Å²) in [6.45, 7) is 3.01. The van der Waals surface area contributed by atoms with Gasteiger partial charge in [0.1, 0.15) is 0 Å². The minimum absolute atomic E-state index is 0.117. The summed E-state index contributed by atoms with van der Waals surface area (Å²) in [6, 6.07) is 2.38. The van der Waals surface area contributed by atoms with Gasteiger partial charge in [0, 0.05) is 25.2 Å². The summed E-state index contributed by atoms with van der Waals surface area (Å²) < 4.78 is 34.7. The van der Waals surface area contributed by atoms with E-state index in [9.17, 15) is 18.8 Å². The third-order valence-electron chi connectivity index (χ3n) is 2.23. The van der Waals surface area contributed by atoms with Crippen LogP contribution >= 0.6 is 23.9 Å². The van der Waals surface area contributed by atoms with Gasteiger partial charge in [-0.25, -0.2) is 32.3 Å². The second-order valence-corrected chi connectivity index (χ2v) is 7.09. The molecular weight excluding hydrogens is 398 g/mol. The zero-order valence-electron chi connectivity index (χ0n) is 12.7. The van der Waals surface area contributed by atoms with Gasteiger partial charge in [0.15, 0.2) is 11.6 Å². The quantitative estimate of drug-likeness (QED) is 0.688. The molecule has 0 fully saturated rings. The Hall–Kier alpha value is -1.73. The van der Waals surface area contributed by atoms with Crippen LogP contribution in [-0.4, -0.2) is 25.0 Å². The van der Waals surface area contributed by atoms with Crippen LogP contribution in [0.2, 0.25) is 0 Å². The van der Waals surface area contributed by atoms with Gasteiger partial charge in [0.05, 0.1) is 7.11 Å². The first-order chi connectivity index (χ1) is 10.6. The molecule has 1 aromatic rings. The van der Waals surface area contributed by atoms with E-state index in [1.54, 1.807) is 0 Å². The molecule has 0 N–H and O–H groups in total. The molecule has 0 saturated heterocycles. The highest BCUT2D eigenvalue weighted by Crippen LogP contribution is 2.63. The van der Waals surface area contributed by atoms with Gasteiger partial charge < -0.3 is 4.74 Å². The van der Waals surface area contributed by atoms with E-state index in [-0.39, 0.29) is 5.75 Å². The van der Waals surface area contributed by atoms with E-state index in [4.69, 9.17) is 18.3 Å². The molecule has 0 aliphatic carbocycles. The number of carbonyl (C=O) groups is 3. The van der Waals surface area contributed by atoms with Crippen LogP contribution in [0.4, 0.5) is 4.39 Å². The van der Waals surface area contributed by atoms with Crippen molar-refractivity contribution in [2.75, 3.05) is 7.11 Å². The van der Waals surface area contributed by atoms with Gasteiger partial charge in [0.25, 0.3) is 5.30 Å². The fraction of sp³-hybridized carbons (Fsp3) is 0.308. The molecule has 23 heavy (non-hydrogen) atoms. The number of rotatable bonds is 5. The highest BCUT2D eigenvalue weighted by atomic mass is 79.9. The molecule has 126 valence electrons. The number of halogens is 2. The second-order valence-electron chi connectivity index (χ2n) is 4.18. The third-order valence-corrected chi connectivity index (χ3v) is 5.17. The second kappa shape index (κ2) is 7.70. The molecule has 0 bridgehead atoms. The van der Waals surface area contributed by atoms with Crippen LogP contribution in [0.5, 0.6) is 5.75 Å². The molecule has 0 saturated carbocycles. The lowest BCUT2D eigenvalue weighted by molar-refractivity contribution is -0.140. The van der Waals surface area contributed by atoms with E-state index < -0.39 is 37.0 Å². The van der Waals surface area contributed by atoms with E-state index >= 15 is 0 Å². The van der Waals surface area contributed by atoms with Crippen LogP contribution in [0.1, 0.15) is 20.8 Å². The Kier molecular flexibility index (Phi) is 6.47. The molecule has 0 aromatic heterocycles.